The van der Waals surface area contributed by atoms with E-state index in [-0.39, 0.29) is 11.8 Å². The van der Waals surface area contributed by atoms with Crippen molar-refractivity contribution in [1.29, 1.82) is 0 Å². The van der Waals surface area contributed by atoms with E-state index >= 15 is 0 Å². The Labute approximate surface area is 174 Å². The van der Waals surface area contributed by atoms with Gasteiger partial charge < -0.3 is 9.84 Å². The summed E-state index contributed by atoms with van der Waals surface area (Å²) in [5.41, 5.74) is 2.44. The van der Waals surface area contributed by atoms with Crippen LogP contribution in [0.5, 0.6) is 0 Å². The van der Waals surface area contributed by atoms with Gasteiger partial charge in [-0.25, -0.2) is 0 Å². The molecule has 0 spiro atoms. The molecule has 0 aliphatic carbocycles. The smallest absolute Gasteiger partial charge is 0.143 e. The van der Waals surface area contributed by atoms with Crippen molar-refractivity contribution in [1.82, 2.24) is 0 Å². The zero-order valence-corrected chi connectivity index (χ0v) is 17.2. The lowest BCUT2D eigenvalue weighted by Crippen LogP contribution is -2.37. The lowest BCUT2D eigenvalue weighted by molar-refractivity contribution is -0.0399. The van der Waals surface area contributed by atoms with E-state index in [0.29, 0.717) is 6.61 Å². The molecule has 3 aromatic carbocycles. The normalized spacial score (nSPS) is 14.7. The van der Waals surface area contributed by atoms with Gasteiger partial charge in [0.25, 0.3) is 0 Å². The van der Waals surface area contributed by atoms with E-state index < -0.39 is 11.7 Å². The summed E-state index contributed by atoms with van der Waals surface area (Å²) in [5, 5.41) is 10.6. The molecule has 0 amide bonds. The van der Waals surface area contributed by atoms with E-state index in [9.17, 15) is 5.11 Å². The van der Waals surface area contributed by atoms with Crippen LogP contribution in [0, 0.1) is 11.8 Å². The molecule has 0 fully saturated rings. The van der Waals surface area contributed by atoms with Gasteiger partial charge >= 0.3 is 0 Å². The Bertz CT molecular complexity index is 778. The molecule has 0 heterocycles. The quantitative estimate of drug-likeness (QED) is 0.371. The summed E-state index contributed by atoms with van der Waals surface area (Å²) in [7, 11) is 0. The van der Waals surface area contributed by atoms with Gasteiger partial charge in [-0.05, 0) is 16.7 Å². The van der Waals surface area contributed by atoms with Crippen molar-refractivity contribution < 1.29 is 9.84 Å². The van der Waals surface area contributed by atoms with Gasteiger partial charge in [0.2, 0.25) is 0 Å². The van der Waals surface area contributed by atoms with E-state index in [4.69, 9.17) is 4.74 Å². The molecule has 150 valence electrons. The number of aliphatic hydroxyl groups excluding tert-OH is 1. The molecule has 0 unspecified atom stereocenters. The lowest BCUT2D eigenvalue weighted by atomic mass is 9.80. The minimum absolute atomic E-state index is 0.00757. The van der Waals surface area contributed by atoms with Crippen LogP contribution < -0.4 is 0 Å². The Hall–Kier alpha value is -2.68. The molecule has 0 radical (unpaired) electrons. The van der Waals surface area contributed by atoms with Crippen LogP contribution >= 0.6 is 0 Å². The van der Waals surface area contributed by atoms with Crippen molar-refractivity contribution in [2.45, 2.75) is 25.6 Å². The summed E-state index contributed by atoms with van der Waals surface area (Å²) in [6, 6.07) is 30.9. The molecule has 0 saturated heterocycles. The van der Waals surface area contributed by atoms with Gasteiger partial charge in [0, 0.05) is 11.8 Å². The highest BCUT2D eigenvalue weighted by Crippen LogP contribution is 2.41. The van der Waals surface area contributed by atoms with Gasteiger partial charge in [-0.2, -0.15) is 0 Å². The largest absolute Gasteiger partial charge is 0.392 e. The van der Waals surface area contributed by atoms with Crippen molar-refractivity contribution in [3.63, 3.8) is 0 Å². The van der Waals surface area contributed by atoms with Crippen LogP contribution in [0.15, 0.2) is 104 Å². The van der Waals surface area contributed by atoms with Crippen LogP contribution in [-0.4, -0.2) is 17.8 Å². The standard InChI is InChI=1S/C27H30O2/c1-4-21(2)26(28)22(3)20-29-27(23-14-8-5-9-15-23,24-16-10-6-11-17-24)25-18-12-7-13-19-25/h4-19,21-22,26,28H,1,20H2,2-3H3/t21-,22-,26-/m0/s1. The average molecular weight is 387 g/mol. The molecular weight excluding hydrogens is 356 g/mol. The molecule has 0 aliphatic rings. The first-order valence-electron chi connectivity index (χ1n) is 10.2. The fraction of sp³-hybridized carbons (Fsp3) is 0.259. The maximum atomic E-state index is 10.6. The molecule has 0 saturated carbocycles. The summed E-state index contributed by atoms with van der Waals surface area (Å²) in [5.74, 6) is -0.0355. The van der Waals surface area contributed by atoms with Crippen LogP contribution in [-0.2, 0) is 10.3 Å². The average Bonchev–Trinajstić information content (AvgIpc) is 2.80. The predicted molar refractivity (Wildman–Crippen MR) is 120 cm³/mol. The van der Waals surface area contributed by atoms with Crippen LogP contribution in [0.25, 0.3) is 0 Å². The number of hydrogen-bond donors (Lipinski definition) is 1. The SMILES string of the molecule is C=C[C@H](C)[C@H](O)[C@@H](C)COC(c1ccccc1)(c1ccccc1)c1ccccc1. The number of benzene rings is 3. The third kappa shape index (κ3) is 4.50. The van der Waals surface area contributed by atoms with E-state index in [2.05, 4.69) is 43.0 Å². The van der Waals surface area contributed by atoms with E-state index in [1.54, 1.807) is 6.08 Å². The Morgan fingerprint density at radius 2 is 1.17 bits per heavy atom. The Morgan fingerprint density at radius 3 is 1.52 bits per heavy atom. The zero-order valence-electron chi connectivity index (χ0n) is 17.2. The molecule has 2 nitrogen and oxygen atoms in total. The highest BCUT2D eigenvalue weighted by Gasteiger charge is 2.38. The molecule has 0 bridgehead atoms. The van der Waals surface area contributed by atoms with Gasteiger partial charge in [0.15, 0.2) is 0 Å². The molecule has 0 aromatic heterocycles. The van der Waals surface area contributed by atoms with Crippen LogP contribution in [0.2, 0.25) is 0 Å². The van der Waals surface area contributed by atoms with Crippen molar-refractivity contribution in [2.24, 2.45) is 11.8 Å². The second kappa shape index (κ2) is 9.69. The predicted octanol–water partition coefficient (Wildman–Crippen LogP) is 5.81. The first-order chi connectivity index (χ1) is 14.1. The summed E-state index contributed by atoms with van der Waals surface area (Å²) in [6.45, 7) is 8.23. The number of hydrogen-bond acceptors (Lipinski definition) is 2. The van der Waals surface area contributed by atoms with Crippen molar-refractivity contribution in [3.05, 3.63) is 120 Å². The molecule has 3 atom stereocenters. The van der Waals surface area contributed by atoms with Crippen LogP contribution in [0.3, 0.4) is 0 Å². The minimum Gasteiger partial charge on any atom is -0.392 e. The second-order valence-electron chi connectivity index (χ2n) is 7.65. The van der Waals surface area contributed by atoms with E-state index in [1.807, 2.05) is 68.4 Å². The first-order valence-corrected chi connectivity index (χ1v) is 10.2. The summed E-state index contributed by atoms with van der Waals surface area (Å²) < 4.78 is 6.77. The van der Waals surface area contributed by atoms with Crippen LogP contribution in [0.1, 0.15) is 30.5 Å². The van der Waals surface area contributed by atoms with Gasteiger partial charge in [-0.3, -0.25) is 0 Å². The topological polar surface area (TPSA) is 29.5 Å². The van der Waals surface area contributed by atoms with Crippen molar-refractivity contribution >= 4 is 0 Å². The summed E-state index contributed by atoms with van der Waals surface area (Å²) in [6.07, 6.45) is 1.28. The molecule has 2 heteroatoms. The van der Waals surface area contributed by atoms with Gasteiger partial charge in [0.1, 0.15) is 5.60 Å². The van der Waals surface area contributed by atoms with E-state index in [0.717, 1.165) is 16.7 Å². The molecular formula is C27H30O2. The van der Waals surface area contributed by atoms with Gasteiger partial charge in [-0.1, -0.05) is 111 Å². The molecule has 0 aliphatic heterocycles. The third-order valence-electron chi connectivity index (χ3n) is 5.60. The van der Waals surface area contributed by atoms with Gasteiger partial charge in [0.05, 0.1) is 12.7 Å². The molecule has 3 aromatic rings. The second-order valence-corrected chi connectivity index (χ2v) is 7.65. The van der Waals surface area contributed by atoms with E-state index in [1.165, 1.54) is 0 Å². The van der Waals surface area contributed by atoms with Crippen molar-refractivity contribution in [2.75, 3.05) is 6.61 Å². The van der Waals surface area contributed by atoms with Crippen molar-refractivity contribution in [3.8, 4) is 0 Å². The van der Waals surface area contributed by atoms with Crippen LogP contribution in [0.4, 0.5) is 0 Å². The zero-order chi connectivity index (χ0) is 20.7. The fourth-order valence-corrected chi connectivity index (χ4v) is 3.78. The number of aliphatic hydroxyl groups is 1. The minimum atomic E-state index is -0.755. The summed E-state index contributed by atoms with van der Waals surface area (Å²) >= 11 is 0. The Balaban J connectivity index is 2.09. The molecule has 29 heavy (non-hydrogen) atoms. The molecule has 1 N–H and O–H groups in total. The monoisotopic (exact) mass is 386 g/mol. The lowest BCUT2D eigenvalue weighted by Gasteiger charge is -2.37. The maximum absolute atomic E-state index is 10.6. The summed E-state index contributed by atoms with van der Waals surface area (Å²) in [4.78, 5) is 0. The molecule has 3 rings (SSSR count). The third-order valence-corrected chi connectivity index (χ3v) is 5.60. The van der Waals surface area contributed by atoms with Gasteiger partial charge in [-0.15, -0.1) is 6.58 Å². The number of ether oxygens (including phenoxy) is 1. The Kier molecular flexibility index (Phi) is 7.03. The maximum Gasteiger partial charge on any atom is 0.143 e. The highest BCUT2D eigenvalue weighted by molar-refractivity contribution is 5.47. The Morgan fingerprint density at radius 1 is 0.793 bits per heavy atom. The number of rotatable bonds is 9. The highest BCUT2D eigenvalue weighted by atomic mass is 16.5. The fourth-order valence-electron chi connectivity index (χ4n) is 3.78. The first kappa shape index (κ1) is 21.0.